The number of aromatic nitrogens is 3. The Hall–Kier alpha value is -2.38. The lowest BCUT2D eigenvalue weighted by Crippen LogP contribution is -2.24. The van der Waals surface area contributed by atoms with Crippen molar-refractivity contribution in [1.29, 1.82) is 0 Å². The third-order valence-corrected chi connectivity index (χ3v) is 2.59. The molecule has 1 atom stereocenters. The van der Waals surface area contributed by atoms with Crippen LogP contribution in [-0.2, 0) is 11.0 Å². The fourth-order valence-corrected chi connectivity index (χ4v) is 1.49. The smallest absolute Gasteiger partial charge is 0.309 e. The van der Waals surface area contributed by atoms with E-state index in [0.717, 1.165) is 16.9 Å². The third-order valence-electron chi connectivity index (χ3n) is 2.59. The van der Waals surface area contributed by atoms with Gasteiger partial charge in [0, 0.05) is 12.4 Å². The molecule has 1 amide bonds. The van der Waals surface area contributed by atoms with Gasteiger partial charge in [0.2, 0.25) is 5.91 Å². The average Bonchev–Trinajstić information content (AvgIpc) is 2.88. The molecule has 1 unspecified atom stereocenters. The largest absolute Gasteiger partial charge is 0.435 e. The van der Waals surface area contributed by atoms with Crippen molar-refractivity contribution >= 4 is 11.7 Å². The van der Waals surface area contributed by atoms with Crippen LogP contribution in [0.4, 0.5) is 19.0 Å². The quantitative estimate of drug-likeness (QED) is 0.942. The second kappa shape index (κ2) is 5.32. The second-order valence-corrected chi connectivity index (χ2v) is 4.06. The number of carbonyl (C=O) groups is 1. The zero-order valence-electron chi connectivity index (χ0n) is 10.4. The Balaban J connectivity index is 2.09. The van der Waals surface area contributed by atoms with Gasteiger partial charge in [0.15, 0.2) is 5.69 Å². The van der Waals surface area contributed by atoms with Gasteiger partial charge in [0.05, 0.1) is 0 Å². The number of rotatable bonds is 3. The lowest BCUT2D eigenvalue weighted by atomic mass is 10.3. The van der Waals surface area contributed by atoms with Gasteiger partial charge in [-0.05, 0) is 25.1 Å². The molecular formula is C12H11F3N4O. The zero-order chi connectivity index (χ0) is 14.8. The molecule has 5 nitrogen and oxygen atoms in total. The first kappa shape index (κ1) is 14.0. The summed E-state index contributed by atoms with van der Waals surface area (Å²) in [5, 5.41) is 5.85. The summed E-state index contributed by atoms with van der Waals surface area (Å²) in [6.07, 6.45) is -1.91. The summed E-state index contributed by atoms with van der Waals surface area (Å²) in [7, 11) is 0. The van der Waals surface area contributed by atoms with E-state index in [4.69, 9.17) is 0 Å². The van der Waals surface area contributed by atoms with Crippen molar-refractivity contribution in [2.75, 3.05) is 5.32 Å². The van der Waals surface area contributed by atoms with Crippen LogP contribution in [0.2, 0.25) is 0 Å². The number of nitrogens with zero attached hydrogens (tertiary/aromatic N) is 3. The van der Waals surface area contributed by atoms with E-state index < -0.39 is 23.8 Å². The lowest BCUT2D eigenvalue weighted by Gasteiger charge is -2.12. The van der Waals surface area contributed by atoms with E-state index in [0.29, 0.717) is 5.82 Å². The number of anilines is 1. The molecule has 8 heteroatoms. The Morgan fingerprint density at radius 1 is 1.35 bits per heavy atom. The van der Waals surface area contributed by atoms with Gasteiger partial charge in [-0.1, -0.05) is 6.07 Å². The van der Waals surface area contributed by atoms with Crippen molar-refractivity contribution in [3.05, 3.63) is 42.4 Å². The minimum absolute atomic E-state index is 0.326. The maximum Gasteiger partial charge on any atom is 0.435 e. The highest BCUT2D eigenvalue weighted by Crippen LogP contribution is 2.27. The van der Waals surface area contributed by atoms with Gasteiger partial charge >= 0.3 is 6.18 Å². The Morgan fingerprint density at radius 3 is 2.65 bits per heavy atom. The first-order valence-electron chi connectivity index (χ1n) is 5.72. The topological polar surface area (TPSA) is 59.8 Å². The van der Waals surface area contributed by atoms with Crippen molar-refractivity contribution in [3.63, 3.8) is 0 Å². The van der Waals surface area contributed by atoms with E-state index in [1.807, 2.05) is 0 Å². The van der Waals surface area contributed by atoms with E-state index in [2.05, 4.69) is 15.4 Å². The van der Waals surface area contributed by atoms with Crippen molar-refractivity contribution in [2.24, 2.45) is 0 Å². The summed E-state index contributed by atoms with van der Waals surface area (Å²) in [5.41, 5.74) is -1.03. The predicted molar refractivity (Wildman–Crippen MR) is 64.8 cm³/mol. The third kappa shape index (κ3) is 3.14. The Bertz CT molecular complexity index is 594. The summed E-state index contributed by atoms with van der Waals surface area (Å²) >= 11 is 0. The van der Waals surface area contributed by atoms with E-state index in [1.165, 1.54) is 13.1 Å². The predicted octanol–water partition coefficient (Wildman–Crippen LogP) is 2.50. The molecular weight excluding hydrogens is 273 g/mol. The van der Waals surface area contributed by atoms with Crippen LogP contribution in [0, 0.1) is 0 Å². The molecule has 1 N–H and O–H groups in total. The summed E-state index contributed by atoms with van der Waals surface area (Å²) in [6, 6.07) is 4.89. The molecule has 20 heavy (non-hydrogen) atoms. The molecule has 0 aliphatic rings. The summed E-state index contributed by atoms with van der Waals surface area (Å²) < 4.78 is 38.2. The second-order valence-electron chi connectivity index (χ2n) is 4.06. The molecule has 2 aromatic heterocycles. The minimum atomic E-state index is -4.53. The first-order valence-corrected chi connectivity index (χ1v) is 5.72. The molecule has 0 aliphatic heterocycles. The van der Waals surface area contributed by atoms with Crippen LogP contribution < -0.4 is 5.32 Å². The van der Waals surface area contributed by atoms with E-state index in [1.54, 1.807) is 18.2 Å². The van der Waals surface area contributed by atoms with Crippen LogP contribution in [0.1, 0.15) is 18.7 Å². The molecule has 2 rings (SSSR count). The Morgan fingerprint density at radius 2 is 2.10 bits per heavy atom. The Kier molecular flexibility index (Phi) is 3.73. The Labute approximate surface area is 112 Å². The standard InChI is InChI=1S/C12H11F3N4O/c1-8(11(20)17-10-4-2-3-6-16-10)19-7-5-9(18-19)12(13,14)15/h2-8H,1H3,(H,16,17,20). The van der Waals surface area contributed by atoms with Gasteiger partial charge in [-0.25, -0.2) is 4.98 Å². The number of hydrogen-bond acceptors (Lipinski definition) is 3. The highest BCUT2D eigenvalue weighted by atomic mass is 19.4. The number of hydrogen-bond donors (Lipinski definition) is 1. The van der Waals surface area contributed by atoms with Crippen LogP contribution in [0.15, 0.2) is 36.7 Å². The molecule has 0 fully saturated rings. The van der Waals surface area contributed by atoms with Crippen molar-refractivity contribution in [2.45, 2.75) is 19.1 Å². The molecule has 2 aromatic rings. The van der Waals surface area contributed by atoms with Crippen LogP contribution in [-0.4, -0.2) is 20.7 Å². The lowest BCUT2D eigenvalue weighted by molar-refractivity contribution is -0.141. The number of nitrogens with one attached hydrogen (secondary N) is 1. The first-order chi connectivity index (χ1) is 9.38. The number of pyridine rings is 1. The van der Waals surface area contributed by atoms with Gasteiger partial charge in [-0.15, -0.1) is 0 Å². The normalized spacial score (nSPS) is 13.0. The van der Waals surface area contributed by atoms with E-state index in [-0.39, 0.29) is 0 Å². The monoisotopic (exact) mass is 284 g/mol. The summed E-state index contributed by atoms with van der Waals surface area (Å²) in [6.45, 7) is 1.45. The molecule has 106 valence electrons. The maximum absolute atomic E-state index is 12.4. The minimum Gasteiger partial charge on any atom is -0.309 e. The summed E-state index contributed by atoms with van der Waals surface area (Å²) in [4.78, 5) is 15.8. The van der Waals surface area contributed by atoms with E-state index >= 15 is 0 Å². The van der Waals surface area contributed by atoms with Crippen LogP contribution >= 0.6 is 0 Å². The average molecular weight is 284 g/mol. The van der Waals surface area contributed by atoms with Gasteiger partial charge in [0.1, 0.15) is 11.9 Å². The molecule has 0 aromatic carbocycles. The molecule has 0 radical (unpaired) electrons. The molecule has 0 aliphatic carbocycles. The maximum atomic E-state index is 12.4. The van der Waals surface area contributed by atoms with Crippen LogP contribution in [0.5, 0.6) is 0 Å². The molecule has 0 spiro atoms. The molecule has 0 saturated carbocycles. The fraction of sp³-hybridized carbons (Fsp3) is 0.250. The van der Waals surface area contributed by atoms with Crippen molar-refractivity contribution < 1.29 is 18.0 Å². The number of halogens is 3. The van der Waals surface area contributed by atoms with Crippen molar-refractivity contribution in [1.82, 2.24) is 14.8 Å². The highest BCUT2D eigenvalue weighted by molar-refractivity contribution is 5.92. The molecule has 0 bridgehead atoms. The SMILES string of the molecule is CC(C(=O)Nc1ccccn1)n1ccc(C(F)(F)F)n1. The fourth-order valence-electron chi connectivity index (χ4n) is 1.49. The molecule has 0 saturated heterocycles. The number of carbonyl (C=O) groups excluding carboxylic acids is 1. The van der Waals surface area contributed by atoms with Crippen molar-refractivity contribution in [3.8, 4) is 0 Å². The van der Waals surface area contributed by atoms with Crippen LogP contribution in [0.25, 0.3) is 0 Å². The van der Waals surface area contributed by atoms with Gasteiger partial charge in [0.25, 0.3) is 0 Å². The van der Waals surface area contributed by atoms with Gasteiger partial charge in [-0.2, -0.15) is 18.3 Å². The van der Waals surface area contributed by atoms with E-state index in [9.17, 15) is 18.0 Å². The number of amides is 1. The zero-order valence-corrected chi connectivity index (χ0v) is 10.4. The summed E-state index contributed by atoms with van der Waals surface area (Å²) in [5.74, 6) is -0.173. The van der Waals surface area contributed by atoms with Gasteiger partial charge < -0.3 is 5.32 Å². The van der Waals surface area contributed by atoms with Crippen LogP contribution in [0.3, 0.4) is 0 Å². The van der Waals surface area contributed by atoms with Gasteiger partial charge in [-0.3, -0.25) is 9.48 Å². The highest BCUT2D eigenvalue weighted by Gasteiger charge is 2.34. The molecule has 2 heterocycles. The number of alkyl halides is 3.